The van der Waals surface area contributed by atoms with Gasteiger partial charge in [0.1, 0.15) is 11.2 Å². The van der Waals surface area contributed by atoms with Gasteiger partial charge in [-0.3, -0.25) is 4.79 Å². The number of piperidine rings is 1. The second-order valence-electron chi connectivity index (χ2n) is 13.7. The van der Waals surface area contributed by atoms with Crippen LogP contribution in [0, 0.1) is 12.8 Å². The van der Waals surface area contributed by atoms with Crippen LogP contribution in [0.4, 0.5) is 0 Å². The number of likely N-dealkylation sites (N-methyl/N-ethyl adjacent to an activating group) is 1. The molecule has 1 amide bonds. The number of nitrogens with one attached hydrogen (secondary N) is 1. The van der Waals surface area contributed by atoms with Crippen LogP contribution < -0.4 is 0 Å². The zero-order chi connectivity index (χ0) is 28.7. The van der Waals surface area contributed by atoms with E-state index in [-0.39, 0.29) is 11.5 Å². The molecule has 0 aromatic carbocycles. The molecule has 3 fully saturated rings. The van der Waals surface area contributed by atoms with Gasteiger partial charge < -0.3 is 19.5 Å². The zero-order valence-electron chi connectivity index (χ0n) is 25.3. The minimum atomic E-state index is -0.0745. The Labute approximate surface area is 251 Å². The lowest BCUT2D eigenvalue weighted by Gasteiger charge is -2.52. The Morgan fingerprint density at radius 1 is 1.17 bits per heavy atom. The summed E-state index contributed by atoms with van der Waals surface area (Å²) in [5.74, 6) is 1.41. The van der Waals surface area contributed by atoms with Crippen LogP contribution in [-0.4, -0.2) is 80.7 Å². The molecule has 0 radical (unpaired) electrons. The standard InChI is InChI=1S/C33H42N6O2S/c1-19(2)26-27-20(3)29(21-8-10-38(11-9-21)32(40)22-14-33(15-22)17-37(4)12-13-41-33)42-31(27)36-28(26)25-16-39-30(34-18-35-39)24-7-5-6-23(24)25/h16,18-19,21-22,36H,5-15,17H2,1-4H3. The van der Waals surface area contributed by atoms with Crippen LogP contribution >= 0.6 is 11.3 Å². The average molecular weight is 587 g/mol. The molecule has 0 atom stereocenters. The fraction of sp³-hybridized carbons (Fsp3) is 0.606. The normalized spacial score (nSPS) is 25.3. The fourth-order valence-electron chi connectivity index (χ4n) is 8.61. The second-order valence-corrected chi connectivity index (χ2v) is 14.8. The number of thiophene rings is 1. The summed E-state index contributed by atoms with van der Waals surface area (Å²) in [5.41, 5.74) is 9.18. The molecule has 42 heavy (non-hydrogen) atoms. The molecule has 0 bridgehead atoms. The summed E-state index contributed by atoms with van der Waals surface area (Å²) in [4.78, 5) is 29.1. The lowest BCUT2D eigenvalue weighted by atomic mass is 9.69. The van der Waals surface area contributed by atoms with Crippen molar-refractivity contribution in [3.05, 3.63) is 39.7 Å². The molecular weight excluding hydrogens is 544 g/mol. The molecule has 2 saturated heterocycles. The van der Waals surface area contributed by atoms with E-state index in [4.69, 9.17) is 4.74 Å². The summed E-state index contributed by atoms with van der Waals surface area (Å²) in [6.45, 7) is 11.4. The van der Waals surface area contributed by atoms with Gasteiger partial charge in [0.25, 0.3) is 0 Å². The van der Waals surface area contributed by atoms with Crippen LogP contribution in [-0.2, 0) is 22.4 Å². The predicted molar refractivity (Wildman–Crippen MR) is 166 cm³/mol. The number of fused-ring (bicyclic) bond motifs is 4. The number of amides is 1. The summed E-state index contributed by atoms with van der Waals surface area (Å²) in [6, 6.07) is 0. The SMILES string of the molecule is Cc1c(C2CCN(C(=O)C3CC4(C3)CN(C)CCO4)CC2)sc2[nH]c(-c3cn4ncnc4c4c3CCC4)c(C(C)C)c12. The molecule has 1 N–H and O–H groups in total. The monoisotopic (exact) mass is 586 g/mol. The number of pyridine rings is 1. The van der Waals surface area contributed by atoms with Gasteiger partial charge in [-0.1, -0.05) is 13.8 Å². The largest absolute Gasteiger partial charge is 0.372 e. The van der Waals surface area contributed by atoms with Gasteiger partial charge in [0, 0.05) is 59.7 Å². The summed E-state index contributed by atoms with van der Waals surface area (Å²) in [6.07, 6.45) is 11.1. The van der Waals surface area contributed by atoms with Gasteiger partial charge in [-0.2, -0.15) is 5.10 Å². The molecule has 222 valence electrons. The third-order valence-electron chi connectivity index (χ3n) is 10.6. The fourth-order valence-corrected chi connectivity index (χ4v) is 10.0. The Morgan fingerprint density at radius 3 is 2.71 bits per heavy atom. The van der Waals surface area contributed by atoms with Gasteiger partial charge in [0.15, 0.2) is 5.65 Å². The number of ether oxygens (including phenoxy) is 1. The first-order chi connectivity index (χ1) is 20.3. The topological polar surface area (TPSA) is 78.8 Å². The number of aromatic nitrogens is 4. The van der Waals surface area contributed by atoms with E-state index < -0.39 is 0 Å². The first-order valence-corrected chi connectivity index (χ1v) is 16.7. The van der Waals surface area contributed by atoms with Crippen molar-refractivity contribution in [2.45, 2.75) is 83.2 Å². The molecule has 6 heterocycles. The highest BCUT2D eigenvalue weighted by molar-refractivity contribution is 7.19. The van der Waals surface area contributed by atoms with Crippen molar-refractivity contribution in [3.63, 3.8) is 0 Å². The van der Waals surface area contributed by atoms with Crippen LogP contribution in [0.25, 0.3) is 27.1 Å². The number of morpholine rings is 1. The maximum Gasteiger partial charge on any atom is 0.225 e. The molecule has 4 aromatic heterocycles. The van der Waals surface area contributed by atoms with E-state index in [0.717, 1.165) is 77.0 Å². The maximum absolute atomic E-state index is 13.4. The smallest absolute Gasteiger partial charge is 0.225 e. The summed E-state index contributed by atoms with van der Waals surface area (Å²) in [7, 11) is 2.16. The van der Waals surface area contributed by atoms with E-state index in [1.165, 1.54) is 55.0 Å². The van der Waals surface area contributed by atoms with Gasteiger partial charge in [-0.15, -0.1) is 11.3 Å². The van der Waals surface area contributed by atoms with Crippen LogP contribution in [0.2, 0.25) is 0 Å². The number of aryl methyl sites for hydroxylation is 2. The summed E-state index contributed by atoms with van der Waals surface area (Å²) >= 11 is 1.95. The van der Waals surface area contributed by atoms with Gasteiger partial charge >= 0.3 is 0 Å². The highest BCUT2D eigenvalue weighted by Gasteiger charge is 2.51. The van der Waals surface area contributed by atoms with E-state index in [1.807, 2.05) is 15.9 Å². The highest BCUT2D eigenvalue weighted by Crippen LogP contribution is 2.48. The number of nitrogens with zero attached hydrogens (tertiary/aromatic N) is 5. The third-order valence-corrected chi connectivity index (χ3v) is 12.0. The molecule has 2 aliphatic carbocycles. The van der Waals surface area contributed by atoms with E-state index in [1.54, 1.807) is 6.33 Å². The minimum Gasteiger partial charge on any atom is -0.372 e. The Balaban J connectivity index is 1.03. The molecule has 8 rings (SSSR count). The first-order valence-electron chi connectivity index (χ1n) is 15.9. The predicted octanol–water partition coefficient (Wildman–Crippen LogP) is 5.68. The molecule has 9 heteroatoms. The van der Waals surface area contributed by atoms with Crippen molar-refractivity contribution < 1.29 is 9.53 Å². The second kappa shape index (κ2) is 9.89. The zero-order valence-corrected chi connectivity index (χ0v) is 26.1. The van der Waals surface area contributed by atoms with Crippen LogP contribution in [0.1, 0.15) is 84.9 Å². The van der Waals surface area contributed by atoms with E-state index >= 15 is 0 Å². The molecule has 0 unspecified atom stereocenters. The molecule has 1 saturated carbocycles. The first kappa shape index (κ1) is 26.8. The van der Waals surface area contributed by atoms with Gasteiger partial charge in [-0.25, -0.2) is 9.50 Å². The Hall–Kier alpha value is -2.75. The number of likely N-dealkylation sites (tertiary alicyclic amines) is 1. The highest BCUT2D eigenvalue weighted by atomic mass is 32.1. The Bertz CT molecular complexity index is 1680. The van der Waals surface area contributed by atoms with E-state index in [0.29, 0.717) is 17.7 Å². The lowest BCUT2D eigenvalue weighted by molar-refractivity contribution is -0.183. The van der Waals surface area contributed by atoms with E-state index in [2.05, 4.69) is 58.9 Å². The van der Waals surface area contributed by atoms with E-state index in [9.17, 15) is 4.79 Å². The van der Waals surface area contributed by atoms with Crippen molar-refractivity contribution in [1.29, 1.82) is 0 Å². The Kier molecular flexibility index (Phi) is 6.32. The lowest BCUT2D eigenvalue weighted by Crippen LogP contribution is -2.60. The number of H-pyrrole nitrogens is 1. The van der Waals surface area contributed by atoms with Crippen molar-refractivity contribution in [1.82, 2.24) is 29.4 Å². The van der Waals surface area contributed by atoms with Crippen LogP contribution in [0.5, 0.6) is 0 Å². The van der Waals surface area contributed by atoms with Gasteiger partial charge in [0.2, 0.25) is 5.91 Å². The Morgan fingerprint density at radius 2 is 1.95 bits per heavy atom. The maximum atomic E-state index is 13.4. The van der Waals surface area contributed by atoms with Crippen molar-refractivity contribution >= 4 is 33.1 Å². The van der Waals surface area contributed by atoms with Crippen LogP contribution in [0.3, 0.4) is 0 Å². The molecule has 4 aliphatic rings. The number of rotatable bonds is 4. The van der Waals surface area contributed by atoms with Crippen molar-refractivity contribution in [2.75, 3.05) is 39.8 Å². The number of aromatic amines is 1. The average Bonchev–Trinajstić information content (AvgIpc) is 3.74. The molecule has 8 nitrogen and oxygen atoms in total. The van der Waals surface area contributed by atoms with Crippen molar-refractivity contribution in [2.24, 2.45) is 5.92 Å². The van der Waals surface area contributed by atoms with Crippen LogP contribution in [0.15, 0.2) is 12.5 Å². The summed E-state index contributed by atoms with van der Waals surface area (Å²) < 4.78 is 8.10. The number of hydrogen-bond donors (Lipinski definition) is 1. The molecule has 2 aliphatic heterocycles. The van der Waals surface area contributed by atoms with Gasteiger partial charge in [-0.05, 0) is 87.4 Å². The minimum absolute atomic E-state index is 0.0745. The number of hydrogen-bond acceptors (Lipinski definition) is 6. The number of carbonyl (C=O) groups is 1. The molecular formula is C33H42N6O2S. The molecule has 4 aromatic rings. The third kappa shape index (κ3) is 4.10. The molecule has 1 spiro atoms. The van der Waals surface area contributed by atoms with Gasteiger partial charge in [0.05, 0.1) is 17.9 Å². The number of carbonyl (C=O) groups excluding carboxylic acids is 1. The quantitative estimate of drug-likeness (QED) is 0.333. The van der Waals surface area contributed by atoms with Crippen molar-refractivity contribution in [3.8, 4) is 11.3 Å². The summed E-state index contributed by atoms with van der Waals surface area (Å²) in [5, 5.41) is 5.93.